The van der Waals surface area contributed by atoms with Crippen molar-refractivity contribution in [3.8, 4) is 0 Å². The molecule has 0 saturated carbocycles. The van der Waals surface area contributed by atoms with Crippen LogP contribution < -0.4 is 0 Å². The van der Waals surface area contributed by atoms with Crippen molar-refractivity contribution in [3.05, 3.63) is 0 Å². The van der Waals surface area contributed by atoms with Crippen molar-refractivity contribution in [2.75, 3.05) is 13.2 Å². The largest absolute Gasteiger partial charge is 0.394 e. The van der Waals surface area contributed by atoms with Crippen molar-refractivity contribution >= 4 is 40.0 Å². The Morgan fingerprint density at radius 2 is 1.31 bits per heavy atom. The third-order valence-corrected chi connectivity index (χ3v) is 0.332. The molecule has 0 aromatic heterocycles. The molecule has 0 spiro atoms. The molecule has 0 aliphatic heterocycles. The molecule has 0 aliphatic rings. The van der Waals surface area contributed by atoms with Gasteiger partial charge in [-0.1, -0.05) is 5.04 Å². The summed E-state index contributed by atoms with van der Waals surface area (Å²) in [5, 5.41) is 4.13. The first-order valence-electron chi connectivity index (χ1n) is 3.02. The van der Waals surface area contributed by atoms with Gasteiger partial charge in [-0.3, -0.25) is 9.11 Å². The maximum atomic E-state index is 8.74. The average Bonchev–Trinajstić information content (AvgIpc) is 1.85. The zero-order valence-electron chi connectivity index (χ0n) is 7.76. The van der Waals surface area contributed by atoms with E-state index in [1.165, 1.54) is 0 Å². The molecule has 1 radical (unpaired) electrons. The molecule has 13 heavy (non-hydrogen) atoms. The Kier molecular flexibility index (Phi) is 19.0. The van der Waals surface area contributed by atoms with Gasteiger partial charge in [-0.25, -0.2) is 9.78 Å². The molecule has 9 heteroatoms. The topological polar surface area (TPSA) is 102 Å². The fraction of sp³-hybridized carbons (Fsp3) is 1.00. The van der Waals surface area contributed by atoms with Gasteiger partial charge in [0, 0.05) is 29.6 Å². The van der Waals surface area contributed by atoms with Crippen LogP contribution in [0.1, 0.15) is 13.8 Å². The first-order valence-corrected chi connectivity index (χ1v) is 4.42. The Labute approximate surface area is 99.1 Å². The summed E-state index contributed by atoms with van der Waals surface area (Å²) in [6.07, 6.45) is 0. The molecule has 0 aromatic carbocycles. The molecule has 0 bridgehead atoms. The Morgan fingerprint density at radius 1 is 1.08 bits per heavy atom. The Bertz CT molecular complexity index is 155. The minimum atomic E-state index is -4.67. The molecule has 0 amide bonds. The Hall–Kier alpha value is 0.750. The van der Waals surface area contributed by atoms with Crippen LogP contribution in [-0.4, -0.2) is 60.3 Å². The van der Waals surface area contributed by atoms with Gasteiger partial charge in [-0.15, -0.1) is 0 Å². The molecule has 0 fully saturated rings. The van der Waals surface area contributed by atoms with Crippen LogP contribution >= 0.6 is 0 Å². The van der Waals surface area contributed by atoms with E-state index in [-0.39, 0.29) is 29.6 Å². The van der Waals surface area contributed by atoms with E-state index in [0.717, 1.165) is 0 Å². The monoisotopic (exact) mass is 227 g/mol. The first-order chi connectivity index (χ1) is 5.41. The zero-order chi connectivity index (χ0) is 10.0. The molecule has 0 saturated heterocycles. The fourth-order valence-corrected chi connectivity index (χ4v) is 0.130. The van der Waals surface area contributed by atoms with Crippen LogP contribution in [0.25, 0.3) is 0 Å². The summed E-state index contributed by atoms with van der Waals surface area (Å²) in [7, 11) is -4.67. The molecule has 7 nitrogen and oxygen atoms in total. The molecular formula is C4H12NaO7S. The van der Waals surface area contributed by atoms with Crippen molar-refractivity contribution in [2.45, 2.75) is 13.8 Å². The second-order valence-corrected chi connectivity index (χ2v) is 2.22. The number of rotatable bonds is 4. The molecule has 0 rings (SSSR count). The van der Waals surface area contributed by atoms with Crippen LogP contribution in [0, 0.1) is 0 Å². The third-order valence-electron chi connectivity index (χ3n) is 0.332. The van der Waals surface area contributed by atoms with Crippen molar-refractivity contribution in [3.63, 3.8) is 0 Å². The van der Waals surface area contributed by atoms with E-state index in [1.807, 2.05) is 13.8 Å². The normalized spacial score (nSPS) is 9.54. The summed E-state index contributed by atoms with van der Waals surface area (Å²) in [6.45, 7) is 4.66. The van der Waals surface area contributed by atoms with E-state index in [2.05, 4.69) is 14.8 Å². The first kappa shape index (κ1) is 19.3. The molecule has 0 aromatic rings. The smallest absolute Gasteiger partial charge is 0.264 e. The van der Waals surface area contributed by atoms with Crippen LogP contribution in [0.4, 0.5) is 0 Å². The van der Waals surface area contributed by atoms with Gasteiger partial charge < -0.3 is 0 Å². The van der Waals surface area contributed by atoms with E-state index in [9.17, 15) is 0 Å². The van der Waals surface area contributed by atoms with E-state index >= 15 is 0 Å². The summed E-state index contributed by atoms with van der Waals surface area (Å²) >= 11 is 0. The second-order valence-electron chi connectivity index (χ2n) is 1.33. The van der Waals surface area contributed by atoms with Crippen molar-refractivity contribution in [1.29, 1.82) is 0 Å². The molecule has 0 unspecified atom stereocenters. The van der Waals surface area contributed by atoms with Crippen molar-refractivity contribution < 1.29 is 32.3 Å². The molecule has 77 valence electrons. The van der Waals surface area contributed by atoms with Gasteiger partial charge in [-0.05, 0) is 13.8 Å². The maximum absolute atomic E-state index is 8.74. The molecule has 0 aliphatic carbocycles. The Morgan fingerprint density at radius 3 is 1.46 bits per heavy atom. The summed E-state index contributed by atoms with van der Waals surface area (Å²) in [5.74, 6) is 0. The summed E-state index contributed by atoms with van der Waals surface area (Å²) < 4.78 is 31.6. The van der Waals surface area contributed by atoms with Gasteiger partial charge in [0.25, 0.3) is 0 Å². The zero-order valence-corrected chi connectivity index (χ0v) is 10.6. The standard InChI is InChI=1S/C4H10O3.Na.H2O4S/c1-3-5-7-6-4-2;;1-5(2,3)4/h3-4H2,1-2H3;;(H2,1,2,3,4). The minimum Gasteiger partial charge on any atom is -0.264 e. The third kappa shape index (κ3) is 65.3. The molecule has 2 N–H and O–H groups in total. The van der Waals surface area contributed by atoms with E-state index < -0.39 is 10.4 Å². The molecular weight excluding hydrogens is 215 g/mol. The van der Waals surface area contributed by atoms with Gasteiger partial charge in [0.2, 0.25) is 0 Å². The maximum Gasteiger partial charge on any atom is 0.394 e. The average molecular weight is 227 g/mol. The Balaban J connectivity index is -0.000000150. The van der Waals surface area contributed by atoms with Crippen LogP contribution in [0.2, 0.25) is 0 Å². The number of hydrogen-bond acceptors (Lipinski definition) is 5. The summed E-state index contributed by atoms with van der Waals surface area (Å²) in [5.41, 5.74) is 0. The van der Waals surface area contributed by atoms with Gasteiger partial charge in [0.1, 0.15) is 0 Å². The van der Waals surface area contributed by atoms with Crippen molar-refractivity contribution in [2.24, 2.45) is 0 Å². The van der Waals surface area contributed by atoms with Crippen LogP contribution in [0.15, 0.2) is 0 Å². The number of hydrogen-bond donors (Lipinski definition) is 2. The molecule has 0 heterocycles. The van der Waals surface area contributed by atoms with Crippen LogP contribution in [0.3, 0.4) is 0 Å². The van der Waals surface area contributed by atoms with E-state index in [0.29, 0.717) is 13.2 Å². The predicted molar refractivity (Wildman–Crippen MR) is 44.3 cm³/mol. The predicted octanol–water partition coefficient (Wildman–Crippen LogP) is -0.128. The van der Waals surface area contributed by atoms with Crippen LogP contribution in [-0.2, 0) is 25.2 Å². The van der Waals surface area contributed by atoms with Gasteiger partial charge >= 0.3 is 10.4 Å². The van der Waals surface area contributed by atoms with Crippen molar-refractivity contribution in [1.82, 2.24) is 0 Å². The minimum absolute atomic E-state index is 0. The SMILES string of the molecule is CCOOOCC.O=S(=O)(O)O.[Na]. The quantitative estimate of drug-likeness (QED) is 0.227. The van der Waals surface area contributed by atoms with E-state index in [1.54, 1.807) is 0 Å². The second kappa shape index (κ2) is 12.8. The van der Waals surface area contributed by atoms with Gasteiger partial charge in [-0.2, -0.15) is 8.42 Å². The van der Waals surface area contributed by atoms with E-state index in [4.69, 9.17) is 17.5 Å². The van der Waals surface area contributed by atoms with Gasteiger partial charge in [0.15, 0.2) is 0 Å². The van der Waals surface area contributed by atoms with Crippen LogP contribution in [0.5, 0.6) is 0 Å². The summed E-state index contributed by atoms with van der Waals surface area (Å²) in [6, 6.07) is 0. The summed E-state index contributed by atoms with van der Waals surface area (Å²) in [4.78, 5) is 8.70. The van der Waals surface area contributed by atoms with Gasteiger partial charge in [0.05, 0.1) is 13.2 Å². The molecule has 0 atom stereocenters. The fourth-order valence-electron chi connectivity index (χ4n) is 0.130.